The minimum atomic E-state index is -0.0687. The third-order valence-electron chi connectivity index (χ3n) is 5.37. The molecule has 1 amide bonds. The lowest BCUT2D eigenvalue weighted by atomic mass is 9.88. The molecule has 0 aromatic heterocycles. The molecule has 0 aliphatic carbocycles. The summed E-state index contributed by atoms with van der Waals surface area (Å²) in [4.78, 5) is 12.8. The van der Waals surface area contributed by atoms with Crippen LogP contribution in [0.4, 0.5) is 0 Å². The van der Waals surface area contributed by atoms with Crippen LogP contribution >= 0.6 is 0 Å². The van der Waals surface area contributed by atoms with Gasteiger partial charge in [-0.2, -0.15) is 0 Å². The highest BCUT2D eigenvalue weighted by Gasteiger charge is 2.22. The summed E-state index contributed by atoms with van der Waals surface area (Å²) in [6, 6.07) is 28.8. The zero-order chi connectivity index (χ0) is 19.2. The molecule has 0 spiro atoms. The highest BCUT2D eigenvalue weighted by Crippen LogP contribution is 2.29. The first-order chi connectivity index (χ1) is 13.8. The van der Waals surface area contributed by atoms with Gasteiger partial charge in [0.2, 0.25) is 5.91 Å². The molecule has 0 bridgehead atoms. The molecule has 0 fully saturated rings. The summed E-state index contributed by atoms with van der Waals surface area (Å²) in [5, 5.41) is 3.10. The van der Waals surface area contributed by atoms with Crippen molar-refractivity contribution in [1.82, 2.24) is 5.32 Å². The van der Waals surface area contributed by atoms with E-state index in [4.69, 9.17) is 4.74 Å². The van der Waals surface area contributed by atoms with E-state index >= 15 is 0 Å². The zero-order valence-electron chi connectivity index (χ0n) is 15.9. The maximum Gasteiger partial charge on any atom is 0.221 e. The van der Waals surface area contributed by atoms with Crippen LogP contribution in [0.3, 0.4) is 0 Å². The molecule has 0 saturated heterocycles. The largest absolute Gasteiger partial charge is 0.371 e. The molecule has 3 nitrogen and oxygen atoms in total. The van der Waals surface area contributed by atoms with Gasteiger partial charge in [0.15, 0.2) is 0 Å². The van der Waals surface area contributed by atoms with E-state index < -0.39 is 0 Å². The molecule has 0 unspecified atom stereocenters. The van der Waals surface area contributed by atoms with Gasteiger partial charge in [0.25, 0.3) is 0 Å². The predicted molar refractivity (Wildman–Crippen MR) is 111 cm³/mol. The van der Waals surface area contributed by atoms with Crippen molar-refractivity contribution in [3.63, 3.8) is 0 Å². The van der Waals surface area contributed by atoms with Crippen molar-refractivity contribution in [2.24, 2.45) is 0 Å². The van der Waals surface area contributed by atoms with Crippen molar-refractivity contribution in [1.29, 1.82) is 0 Å². The number of hydrogen-bond donors (Lipinski definition) is 1. The third-order valence-corrected chi connectivity index (χ3v) is 5.37. The van der Waals surface area contributed by atoms with Gasteiger partial charge in [-0.15, -0.1) is 0 Å². The summed E-state index contributed by atoms with van der Waals surface area (Å²) in [7, 11) is 0. The molecular weight excluding hydrogens is 346 g/mol. The SMILES string of the molecule is O=C(CC(c1ccccc1)c1ccccc1)NC[C@@H]1OCCc2ccccc21. The summed E-state index contributed by atoms with van der Waals surface area (Å²) in [6.07, 6.45) is 1.29. The molecule has 0 radical (unpaired) electrons. The Morgan fingerprint density at radius 2 is 1.50 bits per heavy atom. The first kappa shape index (κ1) is 18.5. The molecule has 1 aliphatic heterocycles. The molecule has 142 valence electrons. The average molecular weight is 371 g/mol. The number of amides is 1. The van der Waals surface area contributed by atoms with Crippen LogP contribution in [0.1, 0.15) is 40.7 Å². The topological polar surface area (TPSA) is 38.3 Å². The van der Waals surface area contributed by atoms with Crippen LogP contribution in [0.5, 0.6) is 0 Å². The first-order valence-corrected chi connectivity index (χ1v) is 9.87. The number of benzene rings is 3. The predicted octanol–water partition coefficient (Wildman–Crippen LogP) is 4.64. The van der Waals surface area contributed by atoms with E-state index in [9.17, 15) is 4.79 Å². The Balaban J connectivity index is 1.44. The van der Waals surface area contributed by atoms with Gasteiger partial charge in [-0.3, -0.25) is 4.79 Å². The van der Waals surface area contributed by atoms with E-state index in [-0.39, 0.29) is 17.9 Å². The molecular formula is C25H25NO2. The van der Waals surface area contributed by atoms with Crippen molar-refractivity contribution >= 4 is 5.91 Å². The lowest BCUT2D eigenvalue weighted by molar-refractivity contribution is -0.122. The fraction of sp³-hybridized carbons (Fsp3) is 0.240. The molecule has 1 atom stereocenters. The van der Waals surface area contributed by atoms with Crippen molar-refractivity contribution in [2.45, 2.75) is 24.9 Å². The van der Waals surface area contributed by atoms with Gasteiger partial charge in [-0.05, 0) is 28.7 Å². The van der Waals surface area contributed by atoms with E-state index in [1.54, 1.807) is 0 Å². The summed E-state index contributed by atoms with van der Waals surface area (Å²) in [5.74, 6) is 0.0892. The smallest absolute Gasteiger partial charge is 0.221 e. The second kappa shape index (κ2) is 8.85. The number of rotatable bonds is 6. The van der Waals surface area contributed by atoms with Crippen LogP contribution in [-0.2, 0) is 16.0 Å². The van der Waals surface area contributed by atoms with E-state index in [0.29, 0.717) is 19.6 Å². The summed E-state index contributed by atoms with van der Waals surface area (Å²) in [5.41, 5.74) is 4.82. The van der Waals surface area contributed by atoms with Crippen LogP contribution in [0, 0.1) is 0 Å². The van der Waals surface area contributed by atoms with Gasteiger partial charge in [-0.1, -0.05) is 84.9 Å². The lowest BCUT2D eigenvalue weighted by Crippen LogP contribution is -2.32. The second-order valence-electron chi connectivity index (χ2n) is 7.19. The quantitative estimate of drug-likeness (QED) is 0.686. The monoisotopic (exact) mass is 371 g/mol. The van der Waals surface area contributed by atoms with E-state index in [0.717, 1.165) is 17.5 Å². The Morgan fingerprint density at radius 3 is 2.18 bits per heavy atom. The Morgan fingerprint density at radius 1 is 0.893 bits per heavy atom. The van der Waals surface area contributed by atoms with Crippen LogP contribution in [0.2, 0.25) is 0 Å². The normalized spacial score (nSPS) is 15.8. The summed E-state index contributed by atoms with van der Waals surface area (Å²) < 4.78 is 5.91. The van der Waals surface area contributed by atoms with Gasteiger partial charge in [-0.25, -0.2) is 0 Å². The highest BCUT2D eigenvalue weighted by atomic mass is 16.5. The molecule has 3 aromatic rings. The average Bonchev–Trinajstić information content (AvgIpc) is 2.77. The van der Waals surface area contributed by atoms with Gasteiger partial charge in [0, 0.05) is 18.9 Å². The number of carbonyl (C=O) groups excluding carboxylic acids is 1. The van der Waals surface area contributed by atoms with Crippen LogP contribution in [0.15, 0.2) is 84.9 Å². The molecule has 4 rings (SSSR count). The maximum absolute atomic E-state index is 12.8. The third kappa shape index (κ3) is 4.32. The standard InChI is InChI=1S/C25H25NO2/c27-25(26-18-24-22-14-8-7-13-21(22)15-16-28-24)17-23(19-9-3-1-4-10-19)20-11-5-2-6-12-20/h1-14,23-24H,15-18H2,(H,26,27)/t24-/m0/s1. The summed E-state index contributed by atoms with van der Waals surface area (Å²) in [6.45, 7) is 1.21. The molecule has 28 heavy (non-hydrogen) atoms. The van der Waals surface area contributed by atoms with Crippen molar-refractivity contribution < 1.29 is 9.53 Å². The number of carbonyl (C=O) groups is 1. The Kier molecular flexibility index (Phi) is 5.83. The van der Waals surface area contributed by atoms with Gasteiger partial charge in [0.1, 0.15) is 6.10 Å². The fourth-order valence-corrected chi connectivity index (χ4v) is 3.91. The van der Waals surface area contributed by atoms with Crippen molar-refractivity contribution in [3.05, 3.63) is 107 Å². The van der Waals surface area contributed by atoms with Crippen LogP contribution in [0.25, 0.3) is 0 Å². The maximum atomic E-state index is 12.8. The zero-order valence-corrected chi connectivity index (χ0v) is 15.9. The van der Waals surface area contributed by atoms with Crippen molar-refractivity contribution in [3.8, 4) is 0 Å². The van der Waals surface area contributed by atoms with Gasteiger partial charge in [0.05, 0.1) is 6.61 Å². The number of fused-ring (bicyclic) bond motifs is 1. The molecule has 3 heteroatoms. The Hall–Kier alpha value is -2.91. The van der Waals surface area contributed by atoms with E-state index in [1.165, 1.54) is 11.1 Å². The minimum absolute atomic E-state index is 0.0435. The second-order valence-corrected chi connectivity index (χ2v) is 7.19. The van der Waals surface area contributed by atoms with Gasteiger partial charge >= 0.3 is 0 Å². The molecule has 1 N–H and O–H groups in total. The fourth-order valence-electron chi connectivity index (χ4n) is 3.91. The Labute approximate surface area is 166 Å². The number of ether oxygens (including phenoxy) is 1. The van der Waals surface area contributed by atoms with Crippen molar-refractivity contribution in [2.75, 3.05) is 13.2 Å². The summed E-state index contributed by atoms with van der Waals surface area (Å²) >= 11 is 0. The molecule has 0 saturated carbocycles. The van der Waals surface area contributed by atoms with Crippen LogP contribution in [-0.4, -0.2) is 19.1 Å². The lowest BCUT2D eigenvalue weighted by Gasteiger charge is -2.26. The molecule has 3 aromatic carbocycles. The number of hydrogen-bond acceptors (Lipinski definition) is 2. The highest BCUT2D eigenvalue weighted by molar-refractivity contribution is 5.77. The minimum Gasteiger partial charge on any atom is -0.371 e. The molecule has 1 heterocycles. The Bertz CT molecular complexity index is 869. The van der Waals surface area contributed by atoms with Crippen LogP contribution < -0.4 is 5.32 Å². The van der Waals surface area contributed by atoms with Gasteiger partial charge < -0.3 is 10.1 Å². The van der Waals surface area contributed by atoms with E-state index in [2.05, 4.69) is 47.8 Å². The van der Waals surface area contributed by atoms with E-state index in [1.807, 2.05) is 42.5 Å². The molecule has 1 aliphatic rings. The first-order valence-electron chi connectivity index (χ1n) is 9.87. The number of nitrogens with one attached hydrogen (secondary N) is 1.